The van der Waals surface area contributed by atoms with Gasteiger partial charge in [-0.2, -0.15) is 4.31 Å². The third kappa shape index (κ3) is 4.83. The number of ether oxygens (including phenoxy) is 2. The van der Waals surface area contributed by atoms with Crippen molar-refractivity contribution in [2.24, 2.45) is 0 Å². The van der Waals surface area contributed by atoms with E-state index in [0.29, 0.717) is 34.2 Å². The summed E-state index contributed by atoms with van der Waals surface area (Å²) in [6.45, 7) is 0.233. The van der Waals surface area contributed by atoms with Gasteiger partial charge in [-0.25, -0.2) is 8.42 Å². The van der Waals surface area contributed by atoms with Crippen molar-refractivity contribution in [2.75, 3.05) is 26.1 Å². The zero-order valence-corrected chi connectivity index (χ0v) is 20.2. The molecule has 1 N–H and O–H groups in total. The zero-order chi connectivity index (χ0) is 23.6. The van der Waals surface area contributed by atoms with Crippen LogP contribution in [-0.4, -0.2) is 55.6 Å². The fraction of sp³-hybridized carbons (Fsp3) is 0.350. The first kappa shape index (κ1) is 23.5. The first-order valence-corrected chi connectivity index (χ1v) is 12.6. The van der Waals surface area contributed by atoms with Crippen molar-refractivity contribution < 1.29 is 27.1 Å². The maximum Gasteiger partial charge on any atom is 0.322 e. The van der Waals surface area contributed by atoms with Gasteiger partial charge < -0.3 is 13.9 Å². The number of thiophene rings is 1. The number of aromatic nitrogens is 2. The van der Waals surface area contributed by atoms with Gasteiger partial charge in [-0.1, -0.05) is 23.1 Å². The number of amides is 1. The monoisotopic (exact) mass is 512 g/mol. The Morgan fingerprint density at radius 3 is 2.67 bits per heavy atom. The number of anilines is 1. The quantitative estimate of drug-likeness (QED) is 0.508. The van der Waals surface area contributed by atoms with Gasteiger partial charge >= 0.3 is 6.01 Å². The summed E-state index contributed by atoms with van der Waals surface area (Å²) in [7, 11) is -0.829. The first-order valence-electron chi connectivity index (χ1n) is 9.97. The van der Waals surface area contributed by atoms with E-state index in [9.17, 15) is 13.2 Å². The number of sulfonamides is 1. The molecule has 0 aliphatic carbocycles. The van der Waals surface area contributed by atoms with Crippen LogP contribution >= 0.6 is 22.9 Å². The van der Waals surface area contributed by atoms with Crippen molar-refractivity contribution in [3.63, 3.8) is 0 Å². The standard InChI is InChI=1S/C20H21ClN4O6S2/c1-29-14-7-6-12(11-15(14)30-2)19-23-24-20(31-19)22-18(26)13-5-3-4-10-25(13)33(27,28)17-9-8-16(21)32-17/h6-9,11,13H,3-5,10H2,1-2H3,(H,22,24,26). The van der Waals surface area contributed by atoms with Crippen LogP contribution in [0.4, 0.5) is 6.01 Å². The highest BCUT2D eigenvalue weighted by Crippen LogP contribution is 2.33. The smallest absolute Gasteiger partial charge is 0.322 e. The third-order valence-corrected chi connectivity index (χ3v) is 8.76. The zero-order valence-electron chi connectivity index (χ0n) is 17.8. The van der Waals surface area contributed by atoms with E-state index in [1.165, 1.54) is 30.7 Å². The number of carbonyl (C=O) groups excluding carboxylic acids is 1. The summed E-state index contributed by atoms with van der Waals surface area (Å²) in [5.41, 5.74) is 0.567. The minimum Gasteiger partial charge on any atom is -0.493 e. The molecule has 1 saturated heterocycles. The van der Waals surface area contributed by atoms with E-state index >= 15 is 0 Å². The second-order valence-electron chi connectivity index (χ2n) is 7.16. The van der Waals surface area contributed by atoms with Gasteiger partial charge in [-0.05, 0) is 43.2 Å². The molecule has 33 heavy (non-hydrogen) atoms. The first-order chi connectivity index (χ1) is 15.8. The Labute approximate surface area is 199 Å². The van der Waals surface area contributed by atoms with Crippen LogP contribution in [0, 0.1) is 0 Å². The SMILES string of the molecule is COc1ccc(-c2nnc(NC(=O)C3CCCCN3S(=O)(=O)c3ccc(Cl)s3)o2)cc1OC. The van der Waals surface area contributed by atoms with Crippen LogP contribution in [0.25, 0.3) is 11.5 Å². The summed E-state index contributed by atoms with van der Waals surface area (Å²) in [4.78, 5) is 13.0. The predicted molar refractivity (Wildman–Crippen MR) is 122 cm³/mol. The van der Waals surface area contributed by atoms with Crippen molar-refractivity contribution in [1.29, 1.82) is 0 Å². The summed E-state index contributed by atoms with van der Waals surface area (Å²) in [5.74, 6) is 0.645. The number of hydrogen-bond donors (Lipinski definition) is 1. The lowest BCUT2D eigenvalue weighted by atomic mass is 10.0. The Hall–Kier alpha value is -2.67. The van der Waals surface area contributed by atoms with Crippen molar-refractivity contribution in [3.8, 4) is 23.0 Å². The average molecular weight is 513 g/mol. The topological polar surface area (TPSA) is 124 Å². The number of halogens is 1. The molecule has 3 aromatic rings. The molecule has 1 aliphatic heterocycles. The molecule has 1 unspecified atom stereocenters. The Kier molecular flexibility index (Phi) is 6.88. The Morgan fingerprint density at radius 2 is 1.97 bits per heavy atom. The number of nitrogens with one attached hydrogen (secondary N) is 1. The summed E-state index contributed by atoms with van der Waals surface area (Å²) in [6.07, 6.45) is 1.75. The van der Waals surface area contributed by atoms with Gasteiger partial charge in [0.15, 0.2) is 11.5 Å². The van der Waals surface area contributed by atoms with Gasteiger partial charge in [0, 0.05) is 12.1 Å². The molecule has 1 atom stereocenters. The van der Waals surface area contributed by atoms with Crippen LogP contribution < -0.4 is 14.8 Å². The molecule has 176 valence electrons. The minimum atomic E-state index is -3.87. The second kappa shape index (κ2) is 9.67. The maximum absolute atomic E-state index is 13.1. The molecule has 3 heterocycles. The van der Waals surface area contributed by atoms with E-state index in [-0.39, 0.29) is 22.7 Å². The van der Waals surface area contributed by atoms with Gasteiger partial charge in [0.1, 0.15) is 10.3 Å². The number of methoxy groups -OCH3 is 2. The van der Waals surface area contributed by atoms with Gasteiger partial charge in [0.05, 0.1) is 18.6 Å². The molecular weight excluding hydrogens is 492 g/mol. The molecule has 0 saturated carbocycles. The van der Waals surface area contributed by atoms with Gasteiger partial charge in [0.2, 0.25) is 11.8 Å². The second-order valence-corrected chi connectivity index (χ2v) is 11.0. The van der Waals surface area contributed by atoms with Gasteiger partial charge in [-0.15, -0.1) is 16.4 Å². The molecule has 4 rings (SSSR count). The molecule has 0 spiro atoms. The van der Waals surface area contributed by atoms with Crippen LogP contribution in [0.5, 0.6) is 11.5 Å². The predicted octanol–water partition coefficient (Wildman–Crippen LogP) is 3.65. The van der Waals surface area contributed by atoms with Crippen LogP contribution in [-0.2, 0) is 14.8 Å². The lowest BCUT2D eigenvalue weighted by Crippen LogP contribution is -2.49. The molecule has 10 nitrogen and oxygen atoms in total. The van der Waals surface area contributed by atoms with E-state index in [2.05, 4.69) is 15.5 Å². The summed E-state index contributed by atoms with van der Waals surface area (Å²) in [6, 6.07) is 7.00. The van der Waals surface area contributed by atoms with Crippen molar-refractivity contribution in [2.45, 2.75) is 29.5 Å². The number of carbonyl (C=O) groups is 1. The van der Waals surface area contributed by atoms with E-state index < -0.39 is 22.0 Å². The van der Waals surface area contributed by atoms with Crippen LogP contribution in [0.15, 0.2) is 39.0 Å². The summed E-state index contributed by atoms with van der Waals surface area (Å²) >= 11 is 6.87. The lowest BCUT2D eigenvalue weighted by Gasteiger charge is -2.32. The Morgan fingerprint density at radius 1 is 1.18 bits per heavy atom. The minimum absolute atomic E-state index is 0.0979. The largest absolute Gasteiger partial charge is 0.493 e. The molecule has 2 aromatic heterocycles. The maximum atomic E-state index is 13.1. The number of rotatable bonds is 7. The third-order valence-electron chi connectivity index (χ3n) is 5.15. The Bertz CT molecular complexity index is 1260. The lowest BCUT2D eigenvalue weighted by molar-refractivity contribution is -0.120. The molecular formula is C20H21ClN4O6S2. The molecule has 1 aromatic carbocycles. The number of hydrogen-bond acceptors (Lipinski definition) is 9. The van der Waals surface area contributed by atoms with Crippen molar-refractivity contribution >= 4 is 44.9 Å². The van der Waals surface area contributed by atoms with Crippen molar-refractivity contribution in [1.82, 2.24) is 14.5 Å². The van der Waals surface area contributed by atoms with E-state index in [4.69, 9.17) is 25.5 Å². The van der Waals surface area contributed by atoms with Crippen molar-refractivity contribution in [3.05, 3.63) is 34.7 Å². The molecule has 1 amide bonds. The highest BCUT2D eigenvalue weighted by atomic mass is 35.5. The molecule has 0 bridgehead atoms. The van der Waals surface area contributed by atoms with Crippen LogP contribution in [0.2, 0.25) is 4.34 Å². The Balaban J connectivity index is 1.52. The number of benzene rings is 1. The van der Waals surface area contributed by atoms with E-state index in [1.807, 2.05) is 0 Å². The molecule has 13 heteroatoms. The fourth-order valence-electron chi connectivity index (χ4n) is 3.55. The normalized spacial score (nSPS) is 17.0. The van der Waals surface area contributed by atoms with E-state index in [0.717, 1.165) is 17.8 Å². The molecule has 1 fully saturated rings. The summed E-state index contributed by atoms with van der Waals surface area (Å²) < 4.78 is 43.9. The highest BCUT2D eigenvalue weighted by Gasteiger charge is 2.38. The molecule has 0 radical (unpaired) electrons. The summed E-state index contributed by atoms with van der Waals surface area (Å²) in [5, 5.41) is 10.4. The van der Waals surface area contributed by atoms with Gasteiger partial charge in [-0.3, -0.25) is 10.1 Å². The number of nitrogens with zero attached hydrogens (tertiary/aromatic N) is 3. The van der Waals surface area contributed by atoms with E-state index in [1.54, 1.807) is 18.2 Å². The van der Waals surface area contributed by atoms with Crippen LogP contribution in [0.3, 0.4) is 0 Å². The molecule has 1 aliphatic rings. The average Bonchev–Trinajstić information content (AvgIpc) is 3.48. The number of piperidine rings is 1. The van der Waals surface area contributed by atoms with Gasteiger partial charge in [0.25, 0.3) is 10.0 Å². The fourth-order valence-corrected chi connectivity index (χ4v) is 6.82. The van der Waals surface area contributed by atoms with Crippen LogP contribution in [0.1, 0.15) is 19.3 Å². The highest BCUT2D eigenvalue weighted by molar-refractivity contribution is 7.91.